The Balaban J connectivity index is 0.000000438. The van der Waals surface area contributed by atoms with Crippen LogP contribution in [0.3, 0.4) is 0 Å². The lowest BCUT2D eigenvalue weighted by Crippen LogP contribution is -2.29. The number of nitrogens with one attached hydrogen (secondary N) is 2. The lowest BCUT2D eigenvalue weighted by molar-refractivity contribution is -0.126. The molecule has 3 rings (SSSR count). The third kappa shape index (κ3) is 20.6. The molecule has 18 nitrogen and oxygen atoms in total. The summed E-state index contributed by atoms with van der Waals surface area (Å²) in [5.41, 5.74) is 10.9. The molecule has 0 aliphatic heterocycles. The molecule has 3 aromatic rings. The van der Waals surface area contributed by atoms with Crippen molar-refractivity contribution in [3.63, 3.8) is 0 Å². The number of hydrogen-bond donors (Lipinski definition) is 2. The maximum Gasteiger partial charge on any atom is 0.220 e. The minimum atomic E-state index is -0.178. The van der Waals surface area contributed by atoms with Gasteiger partial charge < -0.3 is 20.1 Å². The van der Waals surface area contributed by atoms with E-state index in [-0.39, 0.29) is 36.5 Å². The molecule has 0 aliphatic rings. The van der Waals surface area contributed by atoms with Crippen LogP contribution in [0, 0.1) is 42.9 Å². The molecule has 3 heterocycles. The lowest BCUT2D eigenvalue weighted by Gasteiger charge is -2.10. The molecule has 286 valence electrons. The Bertz CT molecular complexity index is 1580. The quantitative estimate of drug-likeness (QED) is 0.0505. The summed E-state index contributed by atoms with van der Waals surface area (Å²) in [7, 11) is 1.53. The second-order valence-corrected chi connectivity index (χ2v) is 11.1. The van der Waals surface area contributed by atoms with E-state index in [4.69, 9.17) is 34.3 Å². The van der Waals surface area contributed by atoms with Gasteiger partial charge in [-0.3, -0.25) is 23.6 Å². The van der Waals surface area contributed by atoms with E-state index in [0.717, 1.165) is 49.6 Å². The zero-order chi connectivity index (χ0) is 39.1. The first-order valence-corrected chi connectivity index (χ1v) is 17.4. The molecular formula is C35H52N14O4. The first kappa shape index (κ1) is 45.3. The van der Waals surface area contributed by atoms with E-state index in [2.05, 4.69) is 69.4 Å². The monoisotopic (exact) mass is 732 g/mol. The summed E-state index contributed by atoms with van der Waals surface area (Å²) in [5.74, 6) is 7.33. The average molecular weight is 733 g/mol. The number of terminal acetylenes is 3. The molecule has 0 radical (unpaired) electrons. The van der Waals surface area contributed by atoms with E-state index in [1.165, 1.54) is 7.05 Å². The molecule has 0 atom stereocenters. The number of nitrogens with zero attached hydrogens (tertiary/aromatic N) is 12. The van der Waals surface area contributed by atoms with Crippen molar-refractivity contribution in [2.45, 2.75) is 84.8 Å². The number of rotatable bonds is 22. The Kier molecular flexibility index (Phi) is 24.7. The second-order valence-electron chi connectivity index (χ2n) is 11.1. The van der Waals surface area contributed by atoms with Crippen LogP contribution in [0.5, 0.6) is 0 Å². The molecule has 0 saturated heterocycles. The predicted octanol–water partition coefficient (Wildman–Crippen LogP) is 2.34. The zero-order valence-electron chi connectivity index (χ0n) is 31.2. The molecule has 2 amide bonds. The molecule has 0 spiro atoms. The second kappa shape index (κ2) is 28.9. The fourth-order valence-electron chi connectivity index (χ4n) is 4.26. The van der Waals surface area contributed by atoms with Crippen molar-refractivity contribution < 1.29 is 19.1 Å². The van der Waals surface area contributed by atoms with Gasteiger partial charge in [0.15, 0.2) is 0 Å². The van der Waals surface area contributed by atoms with Crippen molar-refractivity contribution in [3.8, 4) is 37.0 Å². The highest BCUT2D eigenvalue weighted by Crippen LogP contribution is 2.22. The third-order valence-electron chi connectivity index (χ3n) is 7.19. The molecule has 0 aromatic carbocycles. The van der Waals surface area contributed by atoms with Gasteiger partial charge in [0, 0.05) is 114 Å². The van der Waals surface area contributed by atoms with Crippen molar-refractivity contribution in [1.29, 1.82) is 0 Å². The van der Waals surface area contributed by atoms with Crippen molar-refractivity contribution in [3.05, 3.63) is 46.1 Å². The smallest absolute Gasteiger partial charge is 0.220 e. The number of aromatic nitrogens is 9. The summed E-state index contributed by atoms with van der Waals surface area (Å²) in [4.78, 5) is 24.8. The van der Waals surface area contributed by atoms with Crippen LogP contribution >= 0.6 is 0 Å². The Morgan fingerprint density at radius 1 is 0.830 bits per heavy atom. The fourth-order valence-corrected chi connectivity index (χ4v) is 4.26. The minimum absolute atomic E-state index is 0.0694. The SMILES string of the molecule is C#CCC(C#C)CC#C.CCn1cc(CC(Cc2cn(CC)nn2)c2cn(CC)nn2)nn1.CNC(=O)CCC(=O)NCCOCCOCCN=[N+]=[N-]. The Hall–Kier alpha value is -5.73. The van der Waals surface area contributed by atoms with Crippen LogP contribution in [-0.4, -0.2) is 103 Å². The van der Waals surface area contributed by atoms with Crippen molar-refractivity contribution >= 4 is 11.8 Å². The summed E-state index contributed by atoms with van der Waals surface area (Å²) in [6.45, 7) is 10.8. The van der Waals surface area contributed by atoms with Crippen molar-refractivity contribution in [2.75, 3.05) is 46.6 Å². The van der Waals surface area contributed by atoms with Gasteiger partial charge in [0.25, 0.3) is 0 Å². The van der Waals surface area contributed by atoms with Crippen LogP contribution in [-0.2, 0) is 51.5 Å². The van der Waals surface area contributed by atoms with Crippen LogP contribution < -0.4 is 10.6 Å². The highest BCUT2D eigenvalue weighted by atomic mass is 16.5. The Morgan fingerprint density at radius 3 is 1.83 bits per heavy atom. The average Bonchev–Trinajstić information content (AvgIpc) is 3.96. The summed E-state index contributed by atoms with van der Waals surface area (Å²) in [6, 6.07) is 0. The molecule has 0 bridgehead atoms. The van der Waals surface area contributed by atoms with Gasteiger partial charge in [-0.2, -0.15) is 0 Å². The van der Waals surface area contributed by atoms with E-state index < -0.39 is 0 Å². The van der Waals surface area contributed by atoms with Crippen LogP contribution in [0.15, 0.2) is 23.7 Å². The number of hydrogen-bond acceptors (Lipinski definition) is 11. The van der Waals surface area contributed by atoms with E-state index >= 15 is 0 Å². The summed E-state index contributed by atoms with van der Waals surface area (Å²) < 4.78 is 15.8. The number of amides is 2. The van der Waals surface area contributed by atoms with Gasteiger partial charge in [-0.25, -0.2) is 0 Å². The molecule has 2 N–H and O–H groups in total. The van der Waals surface area contributed by atoms with Gasteiger partial charge in [-0.1, -0.05) is 20.8 Å². The summed E-state index contributed by atoms with van der Waals surface area (Å²) in [5, 5.41) is 33.7. The van der Waals surface area contributed by atoms with Crippen LogP contribution in [0.4, 0.5) is 0 Å². The predicted molar refractivity (Wildman–Crippen MR) is 198 cm³/mol. The molecule has 0 unspecified atom stereocenters. The maximum absolute atomic E-state index is 11.3. The number of carbonyl (C=O) groups excluding carboxylic acids is 2. The van der Waals surface area contributed by atoms with Crippen LogP contribution in [0.25, 0.3) is 10.4 Å². The van der Waals surface area contributed by atoms with Gasteiger partial charge in [-0.05, 0) is 26.3 Å². The summed E-state index contributed by atoms with van der Waals surface area (Å²) >= 11 is 0. The van der Waals surface area contributed by atoms with E-state index in [0.29, 0.717) is 52.4 Å². The number of azide groups is 1. The standard InChI is InChI=1S/C15H23N9.C11H21N5O4.C9H8/c1-4-22-9-13(16-19-22)7-12(15-11-24(6-3)21-18-15)8-14-10-23(5-2)20-17-14;1-13-10(17)2-3-11(18)14-4-6-19-8-9-20-7-5-15-16-12;1-4-7-9(6-3)8-5-2/h9-12H,4-8H2,1-3H3;2-9H2,1H3,(H,13,17)(H,14,18);1-3,9H,7-8H2. The van der Waals surface area contributed by atoms with E-state index in [1.807, 2.05) is 53.4 Å². The molecule has 0 saturated carbocycles. The lowest BCUT2D eigenvalue weighted by atomic mass is 9.95. The van der Waals surface area contributed by atoms with Gasteiger partial charge >= 0.3 is 0 Å². The largest absolute Gasteiger partial charge is 0.379 e. The van der Waals surface area contributed by atoms with E-state index in [1.54, 1.807) is 0 Å². The van der Waals surface area contributed by atoms with Crippen LogP contribution in [0.2, 0.25) is 0 Å². The number of carbonyl (C=O) groups is 2. The topological polar surface area (TPSA) is 218 Å². The highest BCUT2D eigenvalue weighted by Gasteiger charge is 2.20. The first-order chi connectivity index (χ1) is 25.8. The zero-order valence-corrected chi connectivity index (χ0v) is 31.2. The molecule has 0 aliphatic carbocycles. The number of aryl methyl sites for hydroxylation is 3. The summed E-state index contributed by atoms with van der Waals surface area (Å²) in [6.07, 6.45) is 24.1. The molecular weight excluding hydrogens is 680 g/mol. The van der Waals surface area contributed by atoms with Crippen LogP contribution in [0.1, 0.15) is 69.5 Å². The van der Waals surface area contributed by atoms with Crippen molar-refractivity contribution in [2.24, 2.45) is 11.0 Å². The Labute approximate surface area is 311 Å². The molecule has 53 heavy (non-hydrogen) atoms. The molecule has 0 fully saturated rings. The molecule has 3 aromatic heterocycles. The van der Waals surface area contributed by atoms with Gasteiger partial charge in [0.05, 0.1) is 43.5 Å². The first-order valence-electron chi connectivity index (χ1n) is 17.4. The van der Waals surface area contributed by atoms with E-state index in [9.17, 15) is 9.59 Å². The normalized spacial score (nSPS) is 10.1. The third-order valence-corrected chi connectivity index (χ3v) is 7.19. The Morgan fingerprint density at radius 2 is 1.36 bits per heavy atom. The number of ether oxygens (including phenoxy) is 2. The fraction of sp³-hybridized carbons (Fsp3) is 0.600. The van der Waals surface area contributed by atoms with Gasteiger partial charge in [0.2, 0.25) is 11.8 Å². The molecule has 18 heteroatoms. The maximum atomic E-state index is 11.3. The van der Waals surface area contributed by atoms with Gasteiger partial charge in [0.1, 0.15) is 0 Å². The van der Waals surface area contributed by atoms with Crippen molar-refractivity contribution in [1.82, 2.24) is 55.6 Å². The van der Waals surface area contributed by atoms with Gasteiger partial charge in [-0.15, -0.1) is 52.3 Å². The highest BCUT2D eigenvalue weighted by molar-refractivity contribution is 5.83. The minimum Gasteiger partial charge on any atom is -0.379 e.